The summed E-state index contributed by atoms with van der Waals surface area (Å²) in [5.74, 6) is 0.219. The van der Waals surface area contributed by atoms with Crippen molar-refractivity contribution in [3.8, 4) is 22.6 Å². The number of hydrogen-bond donors (Lipinski definition) is 2. The summed E-state index contributed by atoms with van der Waals surface area (Å²) < 4.78 is 11.8. The lowest BCUT2D eigenvalue weighted by Crippen LogP contribution is -2.29. The zero-order valence-electron chi connectivity index (χ0n) is 21.4. The minimum absolute atomic E-state index is 0.127. The molecule has 3 aromatic carbocycles. The van der Waals surface area contributed by atoms with Gasteiger partial charge in [0.2, 0.25) is 0 Å². The van der Waals surface area contributed by atoms with E-state index in [1.54, 1.807) is 24.1 Å². The van der Waals surface area contributed by atoms with Crippen molar-refractivity contribution in [3.05, 3.63) is 88.5 Å². The molecule has 0 saturated carbocycles. The molecule has 7 nitrogen and oxygen atoms in total. The number of fused-ring (bicyclic) bond motifs is 1. The fourth-order valence-electron chi connectivity index (χ4n) is 4.42. The van der Waals surface area contributed by atoms with Crippen LogP contribution >= 0.6 is 24.0 Å². The Morgan fingerprint density at radius 3 is 2.67 bits per heavy atom. The Labute approximate surface area is 235 Å². The molecule has 2 N–H and O–H groups in total. The third kappa shape index (κ3) is 5.69. The van der Waals surface area contributed by atoms with E-state index in [0.717, 1.165) is 33.3 Å². The summed E-state index contributed by atoms with van der Waals surface area (Å²) in [6.45, 7) is 2.87. The smallest absolute Gasteiger partial charge is 0.335 e. The van der Waals surface area contributed by atoms with E-state index in [9.17, 15) is 9.59 Å². The lowest BCUT2D eigenvalue weighted by molar-refractivity contribution is -0.122. The topological polar surface area (TPSA) is 91.9 Å². The van der Waals surface area contributed by atoms with Crippen LogP contribution in [0.3, 0.4) is 0 Å². The van der Waals surface area contributed by atoms with E-state index >= 15 is 0 Å². The van der Waals surface area contributed by atoms with Gasteiger partial charge in [-0.1, -0.05) is 36.1 Å². The van der Waals surface area contributed by atoms with E-state index in [1.165, 1.54) is 29.5 Å². The fraction of sp³-hybridized carbons (Fsp3) is 0.167. The summed E-state index contributed by atoms with van der Waals surface area (Å²) in [6.07, 6.45) is 4.44. The van der Waals surface area contributed by atoms with Gasteiger partial charge in [-0.15, -0.1) is 0 Å². The lowest BCUT2D eigenvalue weighted by atomic mass is 9.99. The number of carbonyl (C=O) groups is 2. The normalized spacial score (nSPS) is 14.4. The number of rotatable bonds is 9. The van der Waals surface area contributed by atoms with E-state index in [2.05, 4.69) is 30.1 Å². The molecule has 1 aliphatic rings. The largest absolute Gasteiger partial charge is 0.496 e. The Kier molecular flexibility index (Phi) is 7.72. The maximum absolute atomic E-state index is 13.1. The van der Waals surface area contributed by atoms with Gasteiger partial charge in [0.15, 0.2) is 0 Å². The van der Waals surface area contributed by atoms with E-state index < -0.39 is 5.97 Å². The third-order valence-corrected chi connectivity index (χ3v) is 7.87. The van der Waals surface area contributed by atoms with Crippen LogP contribution in [0.25, 0.3) is 28.1 Å². The number of methoxy groups -OCH3 is 1. The molecular weight excluding hydrogens is 532 g/mol. The Morgan fingerprint density at radius 2 is 1.92 bits per heavy atom. The molecule has 0 bridgehead atoms. The van der Waals surface area contributed by atoms with Crippen molar-refractivity contribution in [2.75, 3.05) is 20.3 Å². The number of aryl methyl sites for hydroxylation is 1. The van der Waals surface area contributed by atoms with Crippen LogP contribution < -0.4 is 9.47 Å². The second-order valence-electron chi connectivity index (χ2n) is 9.06. The number of amides is 1. The SMILES string of the molecule is COc1ccc(/C=C2\SC(=S)N(CCCOc3ccc(C(=O)O)cc3)C2=O)cc1-c1ccc2[nH]cc(C)c2c1. The number of thioether (sulfide) groups is 1. The first-order valence-electron chi connectivity index (χ1n) is 12.3. The number of carboxylic acid groups (broad SMARTS) is 1. The third-order valence-electron chi connectivity index (χ3n) is 6.49. The number of ether oxygens (including phenoxy) is 2. The van der Waals surface area contributed by atoms with Crippen molar-refractivity contribution in [3.63, 3.8) is 0 Å². The van der Waals surface area contributed by atoms with Gasteiger partial charge in [0, 0.05) is 29.2 Å². The number of benzene rings is 3. The number of carbonyl (C=O) groups excluding carboxylic acids is 1. The molecule has 5 rings (SSSR count). The molecule has 9 heteroatoms. The number of nitrogens with zero attached hydrogens (tertiary/aromatic N) is 1. The van der Waals surface area contributed by atoms with Crippen molar-refractivity contribution in [1.29, 1.82) is 0 Å². The zero-order valence-corrected chi connectivity index (χ0v) is 23.0. The maximum Gasteiger partial charge on any atom is 0.335 e. The number of aromatic nitrogens is 1. The first kappa shape index (κ1) is 26.5. The van der Waals surface area contributed by atoms with Gasteiger partial charge in [-0.3, -0.25) is 9.69 Å². The standard InChI is InChI=1S/C30H26N2O5S2/c1-18-17-31-25-10-7-21(16-23(18)25)24-14-19(4-11-26(24)36-2)15-27-28(33)32(30(38)39-27)12-3-13-37-22-8-5-20(6-9-22)29(34)35/h4-11,14-17,31H,3,12-13H2,1-2H3,(H,34,35)/b27-15-. The van der Waals surface area contributed by atoms with Crippen molar-refractivity contribution in [2.24, 2.45) is 0 Å². The molecular formula is C30H26N2O5S2. The molecule has 0 atom stereocenters. The number of hydrogen-bond acceptors (Lipinski definition) is 6. The van der Waals surface area contributed by atoms with Gasteiger partial charge >= 0.3 is 5.97 Å². The predicted octanol–water partition coefficient (Wildman–Crippen LogP) is 6.52. The second kappa shape index (κ2) is 11.3. The number of thiocarbonyl (C=S) groups is 1. The number of carboxylic acids is 1. The molecule has 1 aromatic heterocycles. The van der Waals surface area contributed by atoms with Crippen molar-refractivity contribution < 1.29 is 24.2 Å². The average Bonchev–Trinajstić information content (AvgIpc) is 3.44. The Bertz CT molecular complexity index is 1610. The van der Waals surface area contributed by atoms with Gasteiger partial charge in [-0.2, -0.15) is 0 Å². The average molecular weight is 559 g/mol. The molecule has 0 radical (unpaired) electrons. The van der Waals surface area contributed by atoms with Crippen molar-refractivity contribution >= 4 is 57.2 Å². The van der Waals surface area contributed by atoms with Crippen LogP contribution in [0.15, 0.2) is 71.8 Å². The molecule has 0 aliphatic carbocycles. The van der Waals surface area contributed by atoms with Gasteiger partial charge in [-0.25, -0.2) is 4.79 Å². The van der Waals surface area contributed by atoms with Gasteiger partial charge in [0.25, 0.3) is 5.91 Å². The molecule has 198 valence electrons. The van der Waals surface area contributed by atoms with Gasteiger partial charge in [0.1, 0.15) is 15.8 Å². The number of H-pyrrole nitrogens is 1. The van der Waals surface area contributed by atoms with Crippen LogP contribution in [0.5, 0.6) is 11.5 Å². The molecule has 0 spiro atoms. The van der Waals surface area contributed by atoms with E-state index in [1.807, 2.05) is 30.5 Å². The quantitative estimate of drug-likeness (QED) is 0.137. The van der Waals surface area contributed by atoms with Crippen LogP contribution in [0.4, 0.5) is 0 Å². The molecule has 2 heterocycles. The predicted molar refractivity (Wildman–Crippen MR) is 158 cm³/mol. The van der Waals surface area contributed by atoms with Crippen molar-refractivity contribution in [1.82, 2.24) is 9.88 Å². The minimum Gasteiger partial charge on any atom is -0.496 e. The first-order chi connectivity index (χ1) is 18.8. The van der Waals surface area contributed by atoms with Crippen LogP contribution in [0.2, 0.25) is 0 Å². The van der Waals surface area contributed by atoms with Crippen LogP contribution in [0, 0.1) is 6.92 Å². The molecule has 1 amide bonds. The Balaban J connectivity index is 1.27. The maximum atomic E-state index is 13.1. The highest BCUT2D eigenvalue weighted by Gasteiger charge is 2.31. The summed E-state index contributed by atoms with van der Waals surface area (Å²) in [4.78, 5) is 29.6. The summed E-state index contributed by atoms with van der Waals surface area (Å²) in [6, 6.07) is 18.4. The molecule has 1 fully saturated rings. The summed E-state index contributed by atoms with van der Waals surface area (Å²) >= 11 is 6.78. The lowest BCUT2D eigenvalue weighted by Gasteiger charge is -2.14. The van der Waals surface area contributed by atoms with E-state index in [0.29, 0.717) is 34.5 Å². The zero-order chi connectivity index (χ0) is 27.5. The van der Waals surface area contributed by atoms with Crippen LogP contribution in [-0.4, -0.2) is 51.4 Å². The molecule has 39 heavy (non-hydrogen) atoms. The van der Waals surface area contributed by atoms with E-state index in [4.69, 9.17) is 26.8 Å². The monoisotopic (exact) mass is 558 g/mol. The number of aromatic carboxylic acids is 1. The highest BCUT2D eigenvalue weighted by atomic mass is 32.2. The fourth-order valence-corrected chi connectivity index (χ4v) is 5.73. The van der Waals surface area contributed by atoms with Gasteiger partial charge in [-0.05, 0) is 84.6 Å². The number of aromatic amines is 1. The highest BCUT2D eigenvalue weighted by molar-refractivity contribution is 8.26. The molecule has 0 unspecified atom stereocenters. The molecule has 1 saturated heterocycles. The van der Waals surface area contributed by atoms with Crippen molar-refractivity contribution in [2.45, 2.75) is 13.3 Å². The summed E-state index contributed by atoms with van der Waals surface area (Å²) in [7, 11) is 1.65. The molecule has 1 aliphatic heterocycles. The summed E-state index contributed by atoms with van der Waals surface area (Å²) in [5.41, 5.74) is 5.31. The van der Waals surface area contributed by atoms with Crippen LogP contribution in [-0.2, 0) is 4.79 Å². The van der Waals surface area contributed by atoms with Crippen LogP contribution in [0.1, 0.15) is 27.9 Å². The minimum atomic E-state index is -0.983. The van der Waals surface area contributed by atoms with Gasteiger partial charge in [0.05, 0.1) is 24.2 Å². The summed E-state index contributed by atoms with van der Waals surface area (Å²) in [5, 5.41) is 10.2. The highest BCUT2D eigenvalue weighted by Crippen LogP contribution is 2.36. The Hall–Kier alpha value is -4.08. The number of nitrogens with one attached hydrogen (secondary N) is 1. The first-order valence-corrected chi connectivity index (χ1v) is 13.5. The molecule has 4 aromatic rings. The Morgan fingerprint density at radius 1 is 1.13 bits per heavy atom. The second-order valence-corrected chi connectivity index (χ2v) is 10.7. The van der Waals surface area contributed by atoms with Gasteiger partial charge < -0.3 is 19.6 Å². The van der Waals surface area contributed by atoms with E-state index in [-0.39, 0.29) is 11.5 Å².